The number of thioether (sulfide) groups is 1. The summed E-state index contributed by atoms with van der Waals surface area (Å²) in [7, 11) is 0. The van der Waals surface area contributed by atoms with Gasteiger partial charge in [-0.25, -0.2) is 4.79 Å². The summed E-state index contributed by atoms with van der Waals surface area (Å²) in [5, 5.41) is 9.48. The molecule has 0 saturated heterocycles. The molecule has 152 valence electrons. The number of rotatable bonds is 6. The van der Waals surface area contributed by atoms with Crippen LogP contribution in [0, 0.1) is 6.92 Å². The van der Waals surface area contributed by atoms with E-state index in [2.05, 4.69) is 54.3 Å². The average Bonchev–Trinajstić information content (AvgIpc) is 3.09. The first-order chi connectivity index (χ1) is 14.5. The molecular formula is C21H18BrN5O2S. The Hall–Kier alpha value is -2.91. The minimum Gasteiger partial charge on any atom is -0.311 e. The highest BCUT2D eigenvalue weighted by Crippen LogP contribution is 2.27. The predicted molar refractivity (Wildman–Crippen MR) is 120 cm³/mol. The van der Waals surface area contributed by atoms with Crippen LogP contribution < -0.4 is 11.2 Å². The maximum absolute atomic E-state index is 11.7. The maximum Gasteiger partial charge on any atom is 0.325 e. The van der Waals surface area contributed by atoms with E-state index < -0.39 is 11.2 Å². The van der Waals surface area contributed by atoms with Gasteiger partial charge >= 0.3 is 5.69 Å². The van der Waals surface area contributed by atoms with E-state index in [0.717, 1.165) is 26.6 Å². The number of aromatic amines is 2. The van der Waals surface area contributed by atoms with E-state index >= 15 is 0 Å². The van der Waals surface area contributed by atoms with Crippen molar-refractivity contribution in [1.29, 1.82) is 0 Å². The quantitative estimate of drug-likeness (QED) is 0.408. The van der Waals surface area contributed by atoms with Crippen molar-refractivity contribution in [3.05, 3.63) is 103 Å². The first kappa shape index (κ1) is 20.4. The molecular weight excluding hydrogens is 466 g/mol. The zero-order chi connectivity index (χ0) is 21.1. The molecule has 30 heavy (non-hydrogen) atoms. The normalized spacial score (nSPS) is 11.0. The highest BCUT2D eigenvalue weighted by atomic mass is 79.9. The van der Waals surface area contributed by atoms with E-state index in [0.29, 0.717) is 11.5 Å². The third-order valence-corrected chi connectivity index (χ3v) is 5.93. The minimum absolute atomic E-state index is 0.277. The van der Waals surface area contributed by atoms with Crippen molar-refractivity contribution in [2.75, 3.05) is 0 Å². The number of aryl methyl sites for hydroxylation is 1. The summed E-state index contributed by atoms with van der Waals surface area (Å²) in [6.07, 6.45) is 0.277. The van der Waals surface area contributed by atoms with Crippen LogP contribution in [0.3, 0.4) is 0 Å². The van der Waals surface area contributed by atoms with E-state index in [-0.39, 0.29) is 6.42 Å². The zero-order valence-corrected chi connectivity index (χ0v) is 18.5. The maximum atomic E-state index is 11.7. The van der Waals surface area contributed by atoms with Gasteiger partial charge in [-0.05, 0) is 42.3 Å². The average molecular weight is 484 g/mol. The fraction of sp³-hybridized carbons (Fsp3) is 0.143. The molecule has 0 amide bonds. The van der Waals surface area contributed by atoms with Crippen LogP contribution in [0.5, 0.6) is 0 Å². The lowest BCUT2D eigenvalue weighted by Crippen LogP contribution is -2.23. The highest BCUT2D eigenvalue weighted by Gasteiger charge is 2.16. The Morgan fingerprint density at radius 1 is 1.03 bits per heavy atom. The lowest BCUT2D eigenvalue weighted by Gasteiger charge is -2.11. The molecule has 2 aromatic heterocycles. The molecule has 2 heterocycles. The van der Waals surface area contributed by atoms with E-state index in [1.807, 2.05) is 41.8 Å². The Bertz CT molecular complexity index is 1270. The van der Waals surface area contributed by atoms with E-state index in [1.165, 1.54) is 11.6 Å². The first-order valence-electron chi connectivity index (χ1n) is 9.19. The molecule has 0 unspecified atom stereocenters. The summed E-state index contributed by atoms with van der Waals surface area (Å²) in [5.74, 6) is 1.37. The van der Waals surface area contributed by atoms with Crippen LogP contribution in [0.1, 0.15) is 22.6 Å². The molecule has 0 aliphatic heterocycles. The second-order valence-electron chi connectivity index (χ2n) is 6.78. The summed E-state index contributed by atoms with van der Waals surface area (Å²) < 4.78 is 3.00. The van der Waals surface area contributed by atoms with Crippen LogP contribution in [-0.4, -0.2) is 24.7 Å². The number of benzene rings is 2. The fourth-order valence-corrected chi connectivity index (χ4v) is 4.24. The number of nitrogens with one attached hydrogen (secondary N) is 2. The molecule has 0 fully saturated rings. The van der Waals surface area contributed by atoms with E-state index in [1.54, 1.807) is 11.8 Å². The molecule has 0 aliphatic carbocycles. The Morgan fingerprint density at radius 2 is 1.83 bits per heavy atom. The SMILES string of the molecule is Cc1cccc(-n2c(Cc3cc(=O)[nH]c(=O)[nH]3)nnc2SCc2ccc(Br)cc2)c1. The Morgan fingerprint density at radius 3 is 2.57 bits per heavy atom. The molecule has 0 saturated carbocycles. The lowest BCUT2D eigenvalue weighted by atomic mass is 10.2. The number of hydrogen-bond donors (Lipinski definition) is 2. The Kier molecular flexibility index (Phi) is 6.01. The molecule has 7 nitrogen and oxygen atoms in total. The van der Waals surface area contributed by atoms with Crippen LogP contribution in [0.25, 0.3) is 5.69 Å². The van der Waals surface area contributed by atoms with Gasteiger partial charge in [-0.1, -0.05) is 52.0 Å². The molecule has 2 aromatic carbocycles. The molecule has 4 aromatic rings. The van der Waals surface area contributed by atoms with Crippen molar-refractivity contribution in [3.8, 4) is 5.69 Å². The van der Waals surface area contributed by atoms with Gasteiger partial charge in [0.05, 0.1) is 0 Å². The minimum atomic E-state index is -0.538. The number of nitrogens with zero attached hydrogens (tertiary/aromatic N) is 3. The lowest BCUT2D eigenvalue weighted by molar-refractivity contribution is 0.828. The summed E-state index contributed by atoms with van der Waals surface area (Å²) >= 11 is 5.03. The largest absolute Gasteiger partial charge is 0.325 e. The van der Waals surface area contributed by atoms with Gasteiger partial charge in [0, 0.05) is 34.1 Å². The van der Waals surface area contributed by atoms with Crippen molar-refractivity contribution >= 4 is 27.7 Å². The number of hydrogen-bond acceptors (Lipinski definition) is 5. The Balaban J connectivity index is 1.70. The standard InChI is InChI=1S/C21H18BrN5O2S/c1-13-3-2-4-17(9-13)27-18(10-16-11-19(28)24-20(29)23-16)25-26-21(27)30-12-14-5-7-15(22)8-6-14/h2-9,11H,10,12H2,1H3,(H2,23,24,28,29). The third kappa shape index (κ3) is 4.80. The zero-order valence-electron chi connectivity index (χ0n) is 16.1. The molecule has 0 aliphatic rings. The Labute approximate surface area is 184 Å². The van der Waals surface area contributed by atoms with Crippen molar-refractivity contribution < 1.29 is 0 Å². The highest BCUT2D eigenvalue weighted by molar-refractivity contribution is 9.10. The molecule has 2 N–H and O–H groups in total. The van der Waals surface area contributed by atoms with Gasteiger partial charge < -0.3 is 4.98 Å². The summed E-state index contributed by atoms with van der Waals surface area (Å²) in [5.41, 5.74) is 2.71. The summed E-state index contributed by atoms with van der Waals surface area (Å²) in [4.78, 5) is 28.1. The molecule has 4 rings (SSSR count). The van der Waals surface area contributed by atoms with E-state index in [9.17, 15) is 9.59 Å². The van der Waals surface area contributed by atoms with Crippen molar-refractivity contribution in [1.82, 2.24) is 24.7 Å². The van der Waals surface area contributed by atoms with Gasteiger partial charge in [0.25, 0.3) is 5.56 Å². The molecule has 0 atom stereocenters. The van der Waals surface area contributed by atoms with Crippen LogP contribution in [0.15, 0.2) is 73.8 Å². The second-order valence-corrected chi connectivity index (χ2v) is 8.64. The number of aromatic nitrogens is 5. The molecule has 9 heteroatoms. The van der Waals surface area contributed by atoms with Gasteiger partial charge in [0.1, 0.15) is 5.82 Å². The second kappa shape index (κ2) is 8.85. The van der Waals surface area contributed by atoms with Gasteiger partial charge in [-0.2, -0.15) is 0 Å². The van der Waals surface area contributed by atoms with Crippen molar-refractivity contribution in [2.45, 2.75) is 24.3 Å². The molecule has 0 spiro atoms. The molecule has 0 bridgehead atoms. The first-order valence-corrected chi connectivity index (χ1v) is 11.0. The predicted octanol–water partition coefficient (Wildman–Crippen LogP) is 3.60. The van der Waals surface area contributed by atoms with Gasteiger partial charge in [0.15, 0.2) is 5.16 Å². The number of halogens is 1. The van der Waals surface area contributed by atoms with Crippen molar-refractivity contribution in [2.24, 2.45) is 0 Å². The van der Waals surface area contributed by atoms with Gasteiger partial charge in [0.2, 0.25) is 0 Å². The summed E-state index contributed by atoms with van der Waals surface area (Å²) in [6, 6.07) is 17.6. The van der Waals surface area contributed by atoms with E-state index in [4.69, 9.17) is 0 Å². The fourth-order valence-electron chi connectivity index (χ4n) is 3.05. The summed E-state index contributed by atoms with van der Waals surface area (Å²) in [6.45, 7) is 2.02. The third-order valence-electron chi connectivity index (χ3n) is 4.41. The van der Waals surface area contributed by atoms with Gasteiger partial charge in [-0.3, -0.25) is 14.3 Å². The van der Waals surface area contributed by atoms with Gasteiger partial charge in [-0.15, -0.1) is 10.2 Å². The van der Waals surface area contributed by atoms with Crippen LogP contribution in [0.2, 0.25) is 0 Å². The monoisotopic (exact) mass is 483 g/mol. The number of H-pyrrole nitrogens is 2. The smallest absolute Gasteiger partial charge is 0.311 e. The molecule has 0 radical (unpaired) electrons. The van der Waals surface area contributed by atoms with Crippen LogP contribution in [-0.2, 0) is 12.2 Å². The van der Waals surface area contributed by atoms with Crippen molar-refractivity contribution in [3.63, 3.8) is 0 Å². The van der Waals surface area contributed by atoms with Crippen LogP contribution >= 0.6 is 27.7 Å². The van der Waals surface area contributed by atoms with Crippen LogP contribution in [0.4, 0.5) is 0 Å². The topological polar surface area (TPSA) is 96.4 Å².